The van der Waals surface area contributed by atoms with Crippen molar-refractivity contribution in [2.45, 2.75) is 110 Å². The molecule has 176 valence electrons. The van der Waals surface area contributed by atoms with Crippen LogP contribution in [0.5, 0.6) is 0 Å². The fourth-order valence-electron chi connectivity index (χ4n) is 3.97. The lowest BCUT2D eigenvalue weighted by Crippen LogP contribution is -2.32. The summed E-state index contributed by atoms with van der Waals surface area (Å²) in [5.41, 5.74) is 1.44. The van der Waals surface area contributed by atoms with Gasteiger partial charge in [0.05, 0.1) is 24.9 Å². The molecule has 1 heterocycles. The van der Waals surface area contributed by atoms with Crippen LogP contribution in [-0.2, 0) is 9.47 Å². The van der Waals surface area contributed by atoms with Crippen molar-refractivity contribution in [3.8, 4) is 0 Å². The van der Waals surface area contributed by atoms with Crippen molar-refractivity contribution in [2.75, 3.05) is 19.8 Å². The molecule has 1 aliphatic rings. The van der Waals surface area contributed by atoms with Gasteiger partial charge in [0.25, 0.3) is 0 Å². The molecule has 0 saturated carbocycles. The quantitative estimate of drug-likeness (QED) is 0.325. The molecule has 5 heteroatoms. The topological polar surface area (TPSA) is 79.2 Å². The van der Waals surface area contributed by atoms with Crippen LogP contribution in [0.1, 0.15) is 91.9 Å². The van der Waals surface area contributed by atoms with E-state index in [0.717, 1.165) is 57.1 Å². The van der Waals surface area contributed by atoms with Gasteiger partial charge in [-0.1, -0.05) is 31.1 Å². The molecule has 0 aliphatic carbocycles. The van der Waals surface area contributed by atoms with Crippen molar-refractivity contribution >= 4 is 0 Å². The molecule has 5 nitrogen and oxygen atoms in total. The Labute approximate surface area is 184 Å². The minimum atomic E-state index is -0.706. The summed E-state index contributed by atoms with van der Waals surface area (Å²) in [4.78, 5) is 0. The first-order valence-electron chi connectivity index (χ1n) is 11.8. The highest BCUT2D eigenvalue weighted by Crippen LogP contribution is 2.27. The molecule has 4 unspecified atom stereocenters. The Morgan fingerprint density at radius 2 is 1.90 bits per heavy atom. The molecule has 0 spiro atoms. The van der Waals surface area contributed by atoms with Crippen molar-refractivity contribution in [3.63, 3.8) is 0 Å². The third kappa shape index (κ3) is 12.2. The Balaban J connectivity index is 2.44. The van der Waals surface area contributed by atoms with Crippen LogP contribution in [0.15, 0.2) is 23.3 Å². The summed E-state index contributed by atoms with van der Waals surface area (Å²) >= 11 is 0. The van der Waals surface area contributed by atoms with E-state index in [2.05, 4.69) is 26.8 Å². The molecule has 1 fully saturated rings. The van der Waals surface area contributed by atoms with Gasteiger partial charge in [-0.2, -0.15) is 0 Å². The zero-order chi connectivity index (χ0) is 22.4. The van der Waals surface area contributed by atoms with Crippen molar-refractivity contribution < 1.29 is 24.8 Å². The number of ether oxygens (including phenoxy) is 2. The summed E-state index contributed by atoms with van der Waals surface area (Å²) < 4.78 is 12.1. The predicted molar refractivity (Wildman–Crippen MR) is 122 cm³/mol. The first-order chi connectivity index (χ1) is 14.3. The van der Waals surface area contributed by atoms with Crippen LogP contribution in [0.2, 0.25) is 0 Å². The van der Waals surface area contributed by atoms with Crippen molar-refractivity contribution in [1.29, 1.82) is 0 Å². The number of allylic oxidation sites excluding steroid dienone is 1. The minimum absolute atomic E-state index is 0.0298. The highest BCUT2D eigenvalue weighted by atomic mass is 16.7. The predicted octanol–water partition coefficient (Wildman–Crippen LogP) is 4.89. The van der Waals surface area contributed by atoms with E-state index in [1.54, 1.807) is 6.08 Å². The number of hydrogen-bond acceptors (Lipinski definition) is 5. The van der Waals surface area contributed by atoms with Gasteiger partial charge in [0, 0.05) is 6.61 Å². The molecule has 0 aromatic carbocycles. The minimum Gasteiger partial charge on any atom is -0.392 e. The average Bonchev–Trinajstić information content (AvgIpc) is 2.70. The first kappa shape index (κ1) is 27.3. The molecular formula is C25H46O5. The molecule has 1 saturated heterocycles. The fourth-order valence-corrected chi connectivity index (χ4v) is 3.97. The standard InChI is InChI=1S/C25H46O5/c1-20(2)12-13-23(30-24-11-5-6-18-29-24)21(3)9-7-15-25(4,28)16-8-10-22(19-27)14-17-26/h12,14,21,23-24,26-28H,5-11,13,15-19H2,1-4H3. The van der Waals surface area contributed by atoms with Crippen LogP contribution in [0.25, 0.3) is 0 Å². The van der Waals surface area contributed by atoms with Gasteiger partial charge in [0.2, 0.25) is 0 Å². The smallest absolute Gasteiger partial charge is 0.157 e. The Morgan fingerprint density at radius 1 is 1.17 bits per heavy atom. The summed E-state index contributed by atoms with van der Waals surface area (Å²) in [7, 11) is 0. The van der Waals surface area contributed by atoms with Gasteiger partial charge in [-0.05, 0) is 90.0 Å². The highest BCUT2D eigenvalue weighted by molar-refractivity contribution is 5.02. The van der Waals surface area contributed by atoms with E-state index in [1.807, 2.05) is 6.92 Å². The van der Waals surface area contributed by atoms with E-state index >= 15 is 0 Å². The zero-order valence-electron chi connectivity index (χ0n) is 19.7. The van der Waals surface area contributed by atoms with E-state index in [9.17, 15) is 10.2 Å². The Bertz CT molecular complexity index is 502. The van der Waals surface area contributed by atoms with E-state index in [4.69, 9.17) is 14.6 Å². The molecule has 0 aromatic heterocycles. The highest BCUT2D eigenvalue weighted by Gasteiger charge is 2.25. The second-order valence-electron chi connectivity index (χ2n) is 9.41. The van der Waals surface area contributed by atoms with Crippen molar-refractivity contribution in [3.05, 3.63) is 23.3 Å². The van der Waals surface area contributed by atoms with Crippen LogP contribution in [0.3, 0.4) is 0 Å². The maximum atomic E-state index is 10.7. The van der Waals surface area contributed by atoms with Gasteiger partial charge in [0.1, 0.15) is 0 Å². The molecule has 1 aliphatic heterocycles. The van der Waals surface area contributed by atoms with E-state index in [1.165, 1.54) is 12.0 Å². The lowest BCUT2D eigenvalue weighted by Gasteiger charge is -2.31. The summed E-state index contributed by atoms with van der Waals surface area (Å²) in [6.07, 6.45) is 13.1. The van der Waals surface area contributed by atoms with Gasteiger partial charge in [-0.3, -0.25) is 0 Å². The van der Waals surface area contributed by atoms with Crippen LogP contribution < -0.4 is 0 Å². The molecule has 3 N–H and O–H groups in total. The molecular weight excluding hydrogens is 380 g/mol. The van der Waals surface area contributed by atoms with Gasteiger partial charge >= 0.3 is 0 Å². The van der Waals surface area contributed by atoms with Crippen LogP contribution in [0.4, 0.5) is 0 Å². The maximum absolute atomic E-state index is 10.7. The number of rotatable bonds is 15. The van der Waals surface area contributed by atoms with Gasteiger partial charge < -0.3 is 24.8 Å². The van der Waals surface area contributed by atoms with Gasteiger partial charge in [0.15, 0.2) is 6.29 Å². The van der Waals surface area contributed by atoms with Gasteiger partial charge in [-0.25, -0.2) is 0 Å². The second-order valence-corrected chi connectivity index (χ2v) is 9.41. The average molecular weight is 427 g/mol. The fraction of sp³-hybridized carbons (Fsp3) is 0.840. The largest absolute Gasteiger partial charge is 0.392 e. The monoisotopic (exact) mass is 426 g/mol. The second kappa shape index (κ2) is 15.1. The first-order valence-corrected chi connectivity index (χ1v) is 11.8. The number of hydrogen-bond donors (Lipinski definition) is 3. The third-order valence-electron chi connectivity index (χ3n) is 6.03. The third-order valence-corrected chi connectivity index (χ3v) is 6.03. The number of aliphatic hydroxyl groups is 3. The Kier molecular flexibility index (Phi) is 13.8. The molecule has 4 atom stereocenters. The molecule has 0 bridgehead atoms. The molecule has 0 radical (unpaired) electrons. The Hall–Kier alpha value is -0.720. The molecule has 0 aromatic rings. The SMILES string of the molecule is CC(C)=CCC(OC1CCCCO1)C(C)CCCC(C)(O)CCCC(=CCO)CO. The van der Waals surface area contributed by atoms with Crippen molar-refractivity contribution in [2.24, 2.45) is 5.92 Å². The summed E-state index contributed by atoms with van der Waals surface area (Å²) in [5, 5.41) is 28.9. The zero-order valence-corrected chi connectivity index (χ0v) is 19.7. The van der Waals surface area contributed by atoms with Crippen LogP contribution >= 0.6 is 0 Å². The summed E-state index contributed by atoms with van der Waals surface area (Å²) in [5.74, 6) is 0.399. The summed E-state index contributed by atoms with van der Waals surface area (Å²) in [6, 6.07) is 0. The van der Waals surface area contributed by atoms with E-state index in [-0.39, 0.29) is 25.6 Å². The van der Waals surface area contributed by atoms with Gasteiger partial charge in [-0.15, -0.1) is 0 Å². The Morgan fingerprint density at radius 3 is 2.50 bits per heavy atom. The lowest BCUT2D eigenvalue weighted by atomic mass is 9.88. The van der Waals surface area contributed by atoms with Crippen molar-refractivity contribution in [1.82, 2.24) is 0 Å². The normalized spacial score (nSPS) is 21.7. The van der Waals surface area contributed by atoms with Crippen LogP contribution in [0, 0.1) is 5.92 Å². The number of aliphatic hydroxyl groups excluding tert-OH is 2. The maximum Gasteiger partial charge on any atom is 0.157 e. The lowest BCUT2D eigenvalue weighted by molar-refractivity contribution is -0.197. The molecule has 0 amide bonds. The summed E-state index contributed by atoms with van der Waals surface area (Å²) in [6.45, 7) is 9.10. The van der Waals surface area contributed by atoms with E-state index < -0.39 is 5.60 Å². The van der Waals surface area contributed by atoms with E-state index in [0.29, 0.717) is 18.8 Å². The van der Waals surface area contributed by atoms with Crippen LogP contribution in [-0.4, -0.2) is 53.1 Å². The molecule has 30 heavy (non-hydrogen) atoms. The molecule has 1 rings (SSSR count).